The van der Waals surface area contributed by atoms with Crippen LogP contribution in [0.3, 0.4) is 0 Å². The zero-order valence-electron chi connectivity index (χ0n) is 15.1. The molecule has 1 aliphatic carbocycles. The highest BCUT2D eigenvalue weighted by atomic mass is 19.1. The van der Waals surface area contributed by atoms with E-state index in [-0.39, 0.29) is 12.4 Å². The van der Waals surface area contributed by atoms with E-state index in [2.05, 4.69) is 0 Å². The lowest BCUT2D eigenvalue weighted by atomic mass is 9.86. The van der Waals surface area contributed by atoms with E-state index in [1.54, 1.807) is 12.1 Å². The summed E-state index contributed by atoms with van der Waals surface area (Å²) >= 11 is 0. The number of carbonyl (C=O) groups excluding carboxylic acids is 1. The fraction of sp³-hybridized carbons (Fsp3) is 0.174. The van der Waals surface area contributed by atoms with Crippen molar-refractivity contribution in [2.45, 2.75) is 19.3 Å². The van der Waals surface area contributed by atoms with Gasteiger partial charge in [-0.1, -0.05) is 30.3 Å². The molecule has 5 heteroatoms. The van der Waals surface area contributed by atoms with Gasteiger partial charge in [-0.2, -0.15) is 5.26 Å². The molecule has 0 saturated heterocycles. The van der Waals surface area contributed by atoms with Crippen LogP contribution in [-0.4, -0.2) is 17.6 Å². The highest BCUT2D eigenvalue weighted by molar-refractivity contribution is 6.06. The van der Waals surface area contributed by atoms with Gasteiger partial charge in [-0.3, -0.25) is 0 Å². The molecule has 0 N–H and O–H groups in total. The number of carbonyl (C=O) groups is 1. The minimum Gasteiger partial charge on any atom is -0.447 e. The van der Waals surface area contributed by atoms with E-state index in [1.165, 1.54) is 12.1 Å². The number of nitrogens with zero attached hydrogens (tertiary/aromatic N) is 2. The van der Waals surface area contributed by atoms with E-state index in [0.29, 0.717) is 17.5 Å². The molecule has 138 valence electrons. The largest absolute Gasteiger partial charge is 0.447 e. The van der Waals surface area contributed by atoms with Gasteiger partial charge in [0.05, 0.1) is 16.8 Å². The fourth-order valence-electron chi connectivity index (χ4n) is 3.64. The summed E-state index contributed by atoms with van der Waals surface area (Å²) in [4.78, 5) is 17.5. The molecule has 4 nitrogen and oxygen atoms in total. The number of fused-ring (bicyclic) bond motifs is 2. The van der Waals surface area contributed by atoms with Crippen molar-refractivity contribution in [2.75, 3.05) is 6.61 Å². The molecular formula is C23H17FN2O2. The summed E-state index contributed by atoms with van der Waals surface area (Å²) in [5, 5.41) is 9.49. The van der Waals surface area contributed by atoms with E-state index in [0.717, 1.165) is 40.6 Å². The quantitative estimate of drug-likeness (QED) is 0.612. The topological polar surface area (TPSA) is 63.0 Å². The molecule has 0 saturated carbocycles. The predicted octanol–water partition coefficient (Wildman–Crippen LogP) is 4.93. The number of hydrogen-bond donors (Lipinski definition) is 0. The van der Waals surface area contributed by atoms with Gasteiger partial charge >= 0.3 is 5.97 Å². The van der Waals surface area contributed by atoms with E-state index >= 15 is 0 Å². The Labute approximate surface area is 161 Å². The summed E-state index contributed by atoms with van der Waals surface area (Å²) in [5.41, 5.74) is 4.71. The summed E-state index contributed by atoms with van der Waals surface area (Å²) in [7, 11) is 0. The molecule has 2 aromatic carbocycles. The van der Waals surface area contributed by atoms with Crippen LogP contribution in [0.5, 0.6) is 0 Å². The molecular weight excluding hydrogens is 355 g/mol. The maximum absolute atomic E-state index is 13.2. The van der Waals surface area contributed by atoms with Crippen LogP contribution in [0.1, 0.15) is 40.0 Å². The minimum absolute atomic E-state index is 0.280. The second-order valence-electron chi connectivity index (χ2n) is 6.64. The molecule has 1 aliphatic rings. The molecule has 0 radical (unpaired) electrons. The normalized spacial score (nSPS) is 14.5. The van der Waals surface area contributed by atoms with Crippen molar-refractivity contribution in [1.29, 1.82) is 5.26 Å². The zero-order chi connectivity index (χ0) is 19.5. The Kier molecular flexibility index (Phi) is 4.86. The number of ether oxygens (including phenoxy) is 1. The van der Waals surface area contributed by atoms with E-state index in [1.807, 2.05) is 36.4 Å². The van der Waals surface area contributed by atoms with E-state index < -0.39 is 5.97 Å². The monoisotopic (exact) mass is 372 g/mol. The number of benzene rings is 2. The Morgan fingerprint density at radius 3 is 2.75 bits per heavy atom. The van der Waals surface area contributed by atoms with E-state index in [4.69, 9.17) is 15.0 Å². The van der Waals surface area contributed by atoms with Crippen LogP contribution in [0.4, 0.5) is 4.39 Å². The molecule has 0 bridgehead atoms. The number of esters is 1. The number of rotatable bonds is 3. The SMILES string of the molecule is N#CCOC(=O)c1c2c(nc3ccccc13)C(=Cc1ccc(F)cc1)CCC2. The van der Waals surface area contributed by atoms with Gasteiger partial charge in [-0.25, -0.2) is 14.2 Å². The Morgan fingerprint density at radius 2 is 1.96 bits per heavy atom. The van der Waals surface area contributed by atoms with Gasteiger partial charge in [0.25, 0.3) is 0 Å². The molecule has 3 aromatic rings. The molecule has 1 heterocycles. The molecule has 0 amide bonds. The maximum Gasteiger partial charge on any atom is 0.340 e. The van der Waals surface area contributed by atoms with Crippen LogP contribution in [0.25, 0.3) is 22.6 Å². The molecule has 4 rings (SSSR count). The van der Waals surface area contributed by atoms with Gasteiger partial charge in [-0.05, 0) is 60.2 Å². The molecule has 0 atom stereocenters. The third-order valence-electron chi connectivity index (χ3n) is 4.85. The van der Waals surface area contributed by atoms with Gasteiger partial charge in [0, 0.05) is 5.39 Å². The van der Waals surface area contributed by atoms with Gasteiger partial charge < -0.3 is 4.74 Å². The number of nitriles is 1. The molecule has 1 aromatic heterocycles. The predicted molar refractivity (Wildman–Crippen MR) is 105 cm³/mol. The van der Waals surface area contributed by atoms with Crippen LogP contribution in [0.15, 0.2) is 48.5 Å². The lowest BCUT2D eigenvalue weighted by Crippen LogP contribution is -2.15. The van der Waals surface area contributed by atoms with Gasteiger partial charge in [0.2, 0.25) is 0 Å². The fourth-order valence-corrected chi connectivity index (χ4v) is 3.64. The van der Waals surface area contributed by atoms with Gasteiger partial charge in [0.15, 0.2) is 6.61 Å². The van der Waals surface area contributed by atoms with Crippen LogP contribution in [0.2, 0.25) is 0 Å². The number of allylic oxidation sites excluding steroid dienone is 1. The van der Waals surface area contributed by atoms with Crippen molar-refractivity contribution in [1.82, 2.24) is 4.98 Å². The molecule has 0 unspecified atom stereocenters. The summed E-state index contributed by atoms with van der Waals surface area (Å²) in [5.74, 6) is -0.780. The highest BCUT2D eigenvalue weighted by Crippen LogP contribution is 2.36. The van der Waals surface area contributed by atoms with Gasteiger partial charge in [-0.15, -0.1) is 0 Å². The van der Waals surface area contributed by atoms with Crippen LogP contribution in [-0.2, 0) is 11.2 Å². The first kappa shape index (κ1) is 17.9. The highest BCUT2D eigenvalue weighted by Gasteiger charge is 2.25. The third kappa shape index (κ3) is 3.37. The molecule has 0 fully saturated rings. The zero-order valence-corrected chi connectivity index (χ0v) is 15.1. The molecule has 0 aliphatic heterocycles. The van der Waals surface area contributed by atoms with Crippen LogP contribution in [0, 0.1) is 17.1 Å². The summed E-state index contributed by atoms with van der Waals surface area (Å²) in [6.45, 7) is -0.289. The first-order chi connectivity index (χ1) is 13.7. The summed E-state index contributed by atoms with van der Waals surface area (Å²) in [6.07, 6.45) is 4.40. The summed E-state index contributed by atoms with van der Waals surface area (Å²) < 4.78 is 18.3. The number of hydrogen-bond acceptors (Lipinski definition) is 4. The molecule has 0 spiro atoms. The second kappa shape index (κ2) is 7.61. The average molecular weight is 372 g/mol. The van der Waals surface area contributed by atoms with E-state index in [9.17, 15) is 9.18 Å². The van der Waals surface area contributed by atoms with Gasteiger partial charge in [0.1, 0.15) is 11.9 Å². The third-order valence-corrected chi connectivity index (χ3v) is 4.85. The number of para-hydroxylation sites is 1. The van der Waals surface area contributed by atoms with Crippen molar-refractivity contribution in [3.63, 3.8) is 0 Å². The lowest BCUT2D eigenvalue weighted by Gasteiger charge is -2.22. The number of aromatic nitrogens is 1. The Balaban J connectivity index is 1.90. The number of halogens is 1. The smallest absolute Gasteiger partial charge is 0.340 e. The van der Waals surface area contributed by atoms with Crippen molar-refractivity contribution < 1.29 is 13.9 Å². The Morgan fingerprint density at radius 1 is 1.18 bits per heavy atom. The minimum atomic E-state index is -0.501. The van der Waals surface area contributed by atoms with Crippen molar-refractivity contribution in [3.05, 3.63) is 76.7 Å². The van der Waals surface area contributed by atoms with Crippen LogP contribution < -0.4 is 0 Å². The Hall–Kier alpha value is -3.52. The van der Waals surface area contributed by atoms with Crippen molar-refractivity contribution in [3.8, 4) is 6.07 Å². The standard InChI is InChI=1S/C23H17FN2O2/c24-17-10-8-15(9-11-17)14-16-4-3-6-19-21(23(27)28-13-12-25)18-5-1-2-7-20(18)26-22(16)19/h1-2,5,7-11,14H,3-4,6,13H2. The molecule has 28 heavy (non-hydrogen) atoms. The lowest BCUT2D eigenvalue weighted by molar-refractivity contribution is 0.0556. The Bertz CT molecular complexity index is 1130. The van der Waals surface area contributed by atoms with Crippen LogP contribution >= 0.6 is 0 Å². The number of pyridine rings is 1. The second-order valence-corrected chi connectivity index (χ2v) is 6.64. The first-order valence-electron chi connectivity index (χ1n) is 9.09. The first-order valence-corrected chi connectivity index (χ1v) is 9.09. The maximum atomic E-state index is 13.2. The van der Waals surface area contributed by atoms with Crippen molar-refractivity contribution >= 4 is 28.5 Å². The van der Waals surface area contributed by atoms with Crippen molar-refractivity contribution in [2.24, 2.45) is 0 Å². The average Bonchev–Trinajstić information content (AvgIpc) is 2.72. The summed E-state index contributed by atoms with van der Waals surface area (Å²) in [6, 6.07) is 15.6.